The van der Waals surface area contributed by atoms with Gasteiger partial charge in [-0.25, -0.2) is 4.39 Å². The number of nitrogens with two attached hydrogens (primary N) is 1. The molecule has 0 saturated heterocycles. The molecular formula is C11H11ClFN3O. The molecule has 1 heterocycles. The number of anilines is 1. The average molecular weight is 256 g/mol. The van der Waals surface area contributed by atoms with Gasteiger partial charge in [-0.15, -0.1) is 0 Å². The van der Waals surface area contributed by atoms with Gasteiger partial charge in [-0.1, -0.05) is 23.7 Å². The lowest BCUT2D eigenvalue weighted by molar-refractivity contribution is 0.383. The molecule has 0 aliphatic carbocycles. The molecular weight excluding hydrogens is 245 g/mol. The summed E-state index contributed by atoms with van der Waals surface area (Å²) in [5, 5.41) is 4.31. The van der Waals surface area contributed by atoms with Crippen molar-refractivity contribution in [2.45, 2.75) is 6.54 Å². The minimum Gasteiger partial charge on any atom is -0.494 e. The van der Waals surface area contributed by atoms with Crippen molar-refractivity contribution < 1.29 is 9.13 Å². The molecule has 0 atom stereocenters. The largest absolute Gasteiger partial charge is 0.494 e. The van der Waals surface area contributed by atoms with Crippen LogP contribution in [0.3, 0.4) is 0 Å². The molecule has 6 heteroatoms. The van der Waals surface area contributed by atoms with E-state index in [4.69, 9.17) is 22.1 Å². The maximum Gasteiger partial charge on any atom is 0.170 e. The summed E-state index contributed by atoms with van der Waals surface area (Å²) in [6, 6.07) is 4.93. The minimum absolute atomic E-state index is 0.203. The highest BCUT2D eigenvalue weighted by Gasteiger charge is 2.10. The monoisotopic (exact) mass is 255 g/mol. The van der Waals surface area contributed by atoms with Crippen molar-refractivity contribution in [3.05, 3.63) is 40.8 Å². The van der Waals surface area contributed by atoms with Gasteiger partial charge in [0.05, 0.1) is 13.7 Å². The molecule has 4 nitrogen and oxygen atoms in total. The lowest BCUT2D eigenvalue weighted by Gasteiger charge is -2.07. The Hall–Kier alpha value is -1.75. The van der Waals surface area contributed by atoms with Crippen LogP contribution >= 0.6 is 11.6 Å². The summed E-state index contributed by atoms with van der Waals surface area (Å²) in [6.45, 7) is 0.250. The fraction of sp³-hybridized carbons (Fsp3) is 0.182. The van der Waals surface area contributed by atoms with Gasteiger partial charge in [0.1, 0.15) is 5.02 Å². The van der Waals surface area contributed by atoms with E-state index in [1.165, 1.54) is 11.8 Å². The highest BCUT2D eigenvalue weighted by atomic mass is 35.5. The van der Waals surface area contributed by atoms with Crippen LogP contribution in [0.4, 0.5) is 10.2 Å². The second kappa shape index (κ2) is 4.63. The first kappa shape index (κ1) is 11.7. The molecule has 0 bridgehead atoms. The fourth-order valence-corrected chi connectivity index (χ4v) is 1.65. The van der Waals surface area contributed by atoms with E-state index < -0.39 is 5.82 Å². The molecule has 2 N–H and O–H groups in total. The summed E-state index contributed by atoms with van der Waals surface area (Å²) in [5.41, 5.74) is 5.97. The van der Waals surface area contributed by atoms with Gasteiger partial charge in [-0.2, -0.15) is 5.10 Å². The van der Waals surface area contributed by atoms with E-state index in [2.05, 4.69) is 5.10 Å². The smallest absolute Gasteiger partial charge is 0.170 e. The Morgan fingerprint density at radius 1 is 1.53 bits per heavy atom. The zero-order valence-electron chi connectivity index (χ0n) is 9.15. The van der Waals surface area contributed by atoms with Gasteiger partial charge in [0, 0.05) is 11.8 Å². The molecule has 0 amide bonds. The summed E-state index contributed by atoms with van der Waals surface area (Å²) in [5.74, 6) is 0.0314. The highest BCUT2D eigenvalue weighted by Crippen LogP contribution is 2.22. The van der Waals surface area contributed by atoms with E-state index in [0.29, 0.717) is 10.6 Å². The maximum atomic E-state index is 13.8. The molecule has 17 heavy (non-hydrogen) atoms. The SMILES string of the molecule is COc1cccc(Cn2cc(Cl)c(N)n2)c1F. The number of benzene rings is 1. The third-order valence-electron chi connectivity index (χ3n) is 2.34. The van der Waals surface area contributed by atoms with Gasteiger partial charge in [-0.3, -0.25) is 4.68 Å². The average Bonchev–Trinajstić information content (AvgIpc) is 2.61. The number of rotatable bonds is 3. The van der Waals surface area contributed by atoms with Crippen LogP contribution in [0.15, 0.2) is 24.4 Å². The lowest BCUT2D eigenvalue weighted by Crippen LogP contribution is -2.04. The quantitative estimate of drug-likeness (QED) is 0.916. The molecule has 0 spiro atoms. The Bertz CT molecular complexity index is 522. The first-order valence-corrected chi connectivity index (χ1v) is 5.29. The topological polar surface area (TPSA) is 53.1 Å². The zero-order chi connectivity index (χ0) is 12.4. The molecule has 0 aliphatic rings. The van der Waals surface area contributed by atoms with Gasteiger partial charge >= 0.3 is 0 Å². The zero-order valence-corrected chi connectivity index (χ0v) is 9.91. The van der Waals surface area contributed by atoms with Crippen LogP contribution in [0.2, 0.25) is 5.02 Å². The van der Waals surface area contributed by atoms with Crippen molar-refractivity contribution in [1.82, 2.24) is 9.78 Å². The van der Waals surface area contributed by atoms with E-state index in [1.807, 2.05) is 0 Å². The summed E-state index contributed by atoms with van der Waals surface area (Å²) in [7, 11) is 1.42. The number of halogens is 2. The Labute approximate surface area is 103 Å². The molecule has 90 valence electrons. The van der Waals surface area contributed by atoms with E-state index in [-0.39, 0.29) is 18.1 Å². The normalized spacial score (nSPS) is 10.5. The lowest BCUT2D eigenvalue weighted by atomic mass is 10.2. The summed E-state index contributed by atoms with van der Waals surface area (Å²) >= 11 is 5.77. The molecule has 0 radical (unpaired) electrons. The van der Waals surface area contributed by atoms with Crippen molar-refractivity contribution >= 4 is 17.4 Å². The highest BCUT2D eigenvalue weighted by molar-refractivity contribution is 6.32. The van der Waals surface area contributed by atoms with Crippen LogP contribution < -0.4 is 10.5 Å². The molecule has 0 unspecified atom stereocenters. The van der Waals surface area contributed by atoms with E-state index in [1.54, 1.807) is 24.4 Å². The van der Waals surface area contributed by atoms with Crippen molar-refractivity contribution in [1.29, 1.82) is 0 Å². The fourth-order valence-electron chi connectivity index (χ4n) is 1.50. The predicted octanol–water partition coefficient (Wildman–Crippen LogP) is 2.31. The second-order valence-corrected chi connectivity index (χ2v) is 3.90. The van der Waals surface area contributed by atoms with E-state index >= 15 is 0 Å². The van der Waals surface area contributed by atoms with Crippen molar-refractivity contribution in [2.75, 3.05) is 12.8 Å². The number of methoxy groups -OCH3 is 1. The van der Waals surface area contributed by atoms with Gasteiger partial charge in [0.2, 0.25) is 0 Å². The van der Waals surface area contributed by atoms with Crippen LogP contribution in [0, 0.1) is 5.82 Å². The Balaban J connectivity index is 2.30. The third kappa shape index (κ3) is 2.34. The van der Waals surface area contributed by atoms with Crippen LogP contribution in [0.5, 0.6) is 5.75 Å². The Kier molecular flexibility index (Phi) is 3.19. The van der Waals surface area contributed by atoms with Crippen molar-refractivity contribution in [2.24, 2.45) is 0 Å². The molecule has 0 aliphatic heterocycles. The second-order valence-electron chi connectivity index (χ2n) is 3.49. The number of nitrogens with zero attached hydrogens (tertiary/aromatic N) is 2. The first-order valence-electron chi connectivity index (χ1n) is 4.91. The molecule has 2 aromatic rings. The molecule has 1 aromatic carbocycles. The summed E-state index contributed by atoms with van der Waals surface area (Å²) < 4.78 is 20.2. The summed E-state index contributed by atoms with van der Waals surface area (Å²) in [6.07, 6.45) is 1.55. The minimum atomic E-state index is -0.403. The third-order valence-corrected chi connectivity index (χ3v) is 2.63. The van der Waals surface area contributed by atoms with Crippen molar-refractivity contribution in [3.8, 4) is 5.75 Å². The molecule has 2 rings (SSSR count). The van der Waals surface area contributed by atoms with E-state index in [0.717, 1.165) is 0 Å². The number of aromatic nitrogens is 2. The summed E-state index contributed by atoms with van der Waals surface area (Å²) in [4.78, 5) is 0. The van der Waals surface area contributed by atoms with Crippen LogP contribution in [-0.2, 0) is 6.54 Å². The number of ether oxygens (including phenoxy) is 1. The van der Waals surface area contributed by atoms with Gasteiger partial charge in [-0.05, 0) is 6.07 Å². The Morgan fingerprint density at radius 2 is 2.29 bits per heavy atom. The number of hydrogen-bond acceptors (Lipinski definition) is 3. The predicted molar refractivity (Wildman–Crippen MR) is 63.7 cm³/mol. The molecule has 0 saturated carbocycles. The maximum absolute atomic E-state index is 13.8. The first-order chi connectivity index (χ1) is 8.11. The Morgan fingerprint density at radius 3 is 2.88 bits per heavy atom. The van der Waals surface area contributed by atoms with Crippen LogP contribution in [0.25, 0.3) is 0 Å². The van der Waals surface area contributed by atoms with Crippen LogP contribution in [0.1, 0.15) is 5.56 Å². The van der Waals surface area contributed by atoms with Gasteiger partial charge < -0.3 is 10.5 Å². The van der Waals surface area contributed by atoms with Crippen LogP contribution in [-0.4, -0.2) is 16.9 Å². The standard InChI is InChI=1S/C11H11ClFN3O/c1-17-9-4-2-3-7(10(9)13)5-16-6-8(12)11(14)15-16/h2-4,6H,5H2,1H3,(H2,14,15). The van der Waals surface area contributed by atoms with E-state index in [9.17, 15) is 4.39 Å². The number of nitrogen functional groups attached to an aromatic ring is 1. The van der Waals surface area contributed by atoms with Crippen molar-refractivity contribution in [3.63, 3.8) is 0 Å². The molecule has 1 aromatic heterocycles. The van der Waals surface area contributed by atoms with Gasteiger partial charge in [0.25, 0.3) is 0 Å². The van der Waals surface area contributed by atoms with Gasteiger partial charge in [0.15, 0.2) is 17.4 Å². The molecule has 0 fully saturated rings. The number of hydrogen-bond donors (Lipinski definition) is 1.